The SMILES string of the molecule is Cc1ccc(-c2nc(C#N)c(N/N=C/c3c[nH]c4ccccc34)o2)cc1. The summed E-state index contributed by atoms with van der Waals surface area (Å²) in [6.07, 6.45) is 3.55. The zero-order chi connectivity index (χ0) is 17.9. The van der Waals surface area contributed by atoms with Crippen molar-refractivity contribution in [3.05, 3.63) is 71.5 Å². The van der Waals surface area contributed by atoms with Crippen LogP contribution in [-0.4, -0.2) is 16.2 Å². The van der Waals surface area contributed by atoms with Crippen LogP contribution in [0.1, 0.15) is 16.8 Å². The van der Waals surface area contributed by atoms with Gasteiger partial charge in [-0.15, -0.1) is 0 Å². The molecular weight excluding hydrogens is 326 g/mol. The molecule has 26 heavy (non-hydrogen) atoms. The highest BCUT2D eigenvalue weighted by atomic mass is 16.4. The van der Waals surface area contributed by atoms with Crippen molar-refractivity contribution in [2.75, 3.05) is 5.43 Å². The van der Waals surface area contributed by atoms with Gasteiger partial charge >= 0.3 is 0 Å². The maximum atomic E-state index is 9.28. The monoisotopic (exact) mass is 341 g/mol. The lowest BCUT2D eigenvalue weighted by Gasteiger charge is -1.96. The molecule has 6 heteroatoms. The molecule has 2 N–H and O–H groups in total. The number of aromatic amines is 1. The van der Waals surface area contributed by atoms with Crippen molar-refractivity contribution >= 4 is 23.0 Å². The van der Waals surface area contributed by atoms with Crippen molar-refractivity contribution in [3.63, 3.8) is 0 Å². The van der Waals surface area contributed by atoms with E-state index in [0.29, 0.717) is 5.89 Å². The van der Waals surface area contributed by atoms with E-state index in [2.05, 4.69) is 20.5 Å². The van der Waals surface area contributed by atoms with E-state index in [4.69, 9.17) is 4.42 Å². The Balaban J connectivity index is 1.58. The van der Waals surface area contributed by atoms with Crippen molar-refractivity contribution in [2.45, 2.75) is 6.92 Å². The first-order chi connectivity index (χ1) is 12.7. The highest BCUT2D eigenvalue weighted by Crippen LogP contribution is 2.25. The summed E-state index contributed by atoms with van der Waals surface area (Å²) < 4.78 is 5.67. The number of nitrogens with one attached hydrogen (secondary N) is 2. The number of hydrogen-bond acceptors (Lipinski definition) is 5. The summed E-state index contributed by atoms with van der Waals surface area (Å²) in [5.41, 5.74) is 6.85. The molecule has 2 aromatic heterocycles. The number of aryl methyl sites for hydroxylation is 1. The number of hydrazone groups is 1. The van der Waals surface area contributed by atoms with Gasteiger partial charge in [-0.25, -0.2) is 5.43 Å². The van der Waals surface area contributed by atoms with Crippen LogP contribution in [0.15, 0.2) is 64.2 Å². The predicted octanol–water partition coefficient (Wildman–Crippen LogP) is 4.45. The average Bonchev–Trinajstić information content (AvgIpc) is 3.27. The summed E-state index contributed by atoms with van der Waals surface area (Å²) >= 11 is 0. The fraction of sp³-hybridized carbons (Fsp3) is 0.0500. The van der Waals surface area contributed by atoms with E-state index in [9.17, 15) is 5.26 Å². The van der Waals surface area contributed by atoms with E-state index in [-0.39, 0.29) is 11.6 Å². The lowest BCUT2D eigenvalue weighted by Crippen LogP contribution is -1.91. The molecule has 0 aliphatic carbocycles. The van der Waals surface area contributed by atoms with Gasteiger partial charge in [0.05, 0.1) is 6.21 Å². The third kappa shape index (κ3) is 2.94. The molecule has 0 saturated carbocycles. The number of rotatable bonds is 4. The molecular formula is C20H15N5O. The fourth-order valence-electron chi connectivity index (χ4n) is 2.65. The number of nitriles is 1. The van der Waals surface area contributed by atoms with E-state index >= 15 is 0 Å². The number of anilines is 1. The van der Waals surface area contributed by atoms with Gasteiger partial charge < -0.3 is 9.40 Å². The second-order valence-electron chi connectivity index (χ2n) is 5.83. The molecule has 0 bridgehead atoms. The van der Waals surface area contributed by atoms with Gasteiger partial charge in [0.15, 0.2) is 0 Å². The fourth-order valence-corrected chi connectivity index (χ4v) is 2.65. The number of fused-ring (bicyclic) bond motifs is 1. The minimum atomic E-state index is 0.164. The van der Waals surface area contributed by atoms with Crippen LogP contribution in [0.3, 0.4) is 0 Å². The third-order valence-electron chi connectivity index (χ3n) is 4.02. The van der Waals surface area contributed by atoms with Gasteiger partial charge in [0, 0.05) is 28.2 Å². The van der Waals surface area contributed by atoms with Crippen LogP contribution < -0.4 is 5.43 Å². The molecule has 0 spiro atoms. The number of para-hydroxylation sites is 1. The number of nitrogens with zero attached hydrogens (tertiary/aromatic N) is 3. The Morgan fingerprint density at radius 3 is 2.81 bits per heavy atom. The maximum Gasteiger partial charge on any atom is 0.252 e. The smallest absolute Gasteiger partial charge is 0.252 e. The quantitative estimate of drug-likeness (QED) is 0.424. The average molecular weight is 341 g/mol. The van der Waals surface area contributed by atoms with Crippen molar-refractivity contribution in [1.29, 1.82) is 5.26 Å². The Bertz CT molecular complexity index is 1130. The van der Waals surface area contributed by atoms with Gasteiger partial charge in [-0.05, 0) is 25.1 Å². The second-order valence-corrected chi connectivity index (χ2v) is 5.83. The topological polar surface area (TPSA) is 90.0 Å². The van der Waals surface area contributed by atoms with E-state index in [0.717, 1.165) is 27.6 Å². The molecule has 0 saturated heterocycles. The van der Waals surface area contributed by atoms with E-state index in [1.807, 2.05) is 67.7 Å². The first kappa shape index (κ1) is 15.7. The Morgan fingerprint density at radius 2 is 2.00 bits per heavy atom. The molecule has 0 fully saturated rings. The minimum absolute atomic E-state index is 0.164. The first-order valence-electron chi connectivity index (χ1n) is 8.08. The third-order valence-corrected chi connectivity index (χ3v) is 4.02. The molecule has 6 nitrogen and oxygen atoms in total. The van der Waals surface area contributed by atoms with Crippen LogP contribution in [0, 0.1) is 18.3 Å². The maximum absolute atomic E-state index is 9.28. The summed E-state index contributed by atoms with van der Waals surface area (Å²) in [6, 6.07) is 17.7. The van der Waals surface area contributed by atoms with Crippen LogP contribution in [0.25, 0.3) is 22.4 Å². The molecule has 0 atom stereocenters. The van der Waals surface area contributed by atoms with Crippen molar-refractivity contribution < 1.29 is 4.42 Å². The summed E-state index contributed by atoms with van der Waals surface area (Å²) in [5, 5.41) is 14.5. The summed E-state index contributed by atoms with van der Waals surface area (Å²) in [4.78, 5) is 7.41. The number of benzene rings is 2. The second kappa shape index (κ2) is 6.57. The van der Waals surface area contributed by atoms with Crippen LogP contribution in [0.2, 0.25) is 0 Å². The zero-order valence-corrected chi connectivity index (χ0v) is 14.0. The number of aromatic nitrogens is 2. The van der Waals surface area contributed by atoms with Gasteiger partial charge in [-0.3, -0.25) is 0 Å². The van der Waals surface area contributed by atoms with Gasteiger partial charge in [0.1, 0.15) is 6.07 Å². The molecule has 126 valence electrons. The van der Waals surface area contributed by atoms with Crippen LogP contribution in [0.5, 0.6) is 0 Å². The Hall–Kier alpha value is -3.85. The first-order valence-corrected chi connectivity index (χ1v) is 8.08. The van der Waals surface area contributed by atoms with E-state index in [1.54, 1.807) is 6.21 Å². The zero-order valence-electron chi connectivity index (χ0n) is 14.0. The highest BCUT2D eigenvalue weighted by molar-refractivity contribution is 5.99. The number of hydrogen-bond donors (Lipinski definition) is 2. The Kier molecular flexibility index (Phi) is 3.96. The summed E-state index contributed by atoms with van der Waals surface area (Å²) in [7, 11) is 0. The largest absolute Gasteiger partial charge is 0.417 e. The molecule has 0 unspecified atom stereocenters. The van der Waals surface area contributed by atoms with Crippen molar-refractivity contribution in [1.82, 2.24) is 9.97 Å². The van der Waals surface area contributed by atoms with Crippen molar-refractivity contribution in [3.8, 4) is 17.5 Å². The van der Waals surface area contributed by atoms with Gasteiger partial charge in [0.2, 0.25) is 11.6 Å². The molecule has 2 heterocycles. The van der Waals surface area contributed by atoms with E-state index < -0.39 is 0 Å². The normalized spacial score (nSPS) is 11.1. The molecule has 0 aliphatic rings. The highest BCUT2D eigenvalue weighted by Gasteiger charge is 2.14. The molecule has 4 aromatic rings. The number of H-pyrrole nitrogens is 1. The van der Waals surface area contributed by atoms with Gasteiger partial charge in [-0.2, -0.15) is 15.3 Å². The Morgan fingerprint density at radius 1 is 1.19 bits per heavy atom. The lowest BCUT2D eigenvalue weighted by molar-refractivity contribution is 0.587. The van der Waals surface area contributed by atoms with Crippen LogP contribution in [-0.2, 0) is 0 Å². The number of oxazole rings is 1. The van der Waals surface area contributed by atoms with Crippen molar-refractivity contribution in [2.24, 2.45) is 5.10 Å². The standard InChI is InChI=1S/C20H15N5O/c1-13-6-8-14(9-7-13)19-24-18(10-21)20(26-19)25-23-12-15-11-22-17-5-3-2-4-16(15)17/h2-9,11-12,22,25H,1H3/b23-12+. The Labute approximate surface area is 149 Å². The molecule has 0 aliphatic heterocycles. The minimum Gasteiger partial charge on any atom is -0.417 e. The van der Waals surface area contributed by atoms with E-state index in [1.165, 1.54) is 0 Å². The summed E-state index contributed by atoms with van der Waals surface area (Å²) in [6.45, 7) is 2.01. The van der Waals surface area contributed by atoms with Gasteiger partial charge in [-0.1, -0.05) is 35.9 Å². The van der Waals surface area contributed by atoms with Crippen LogP contribution in [0.4, 0.5) is 5.88 Å². The predicted molar refractivity (Wildman–Crippen MR) is 101 cm³/mol. The molecule has 0 radical (unpaired) electrons. The molecule has 2 aromatic carbocycles. The summed E-state index contributed by atoms with van der Waals surface area (Å²) in [5.74, 6) is 0.602. The van der Waals surface area contributed by atoms with Crippen LogP contribution >= 0.6 is 0 Å². The molecule has 4 rings (SSSR count). The molecule has 0 amide bonds. The van der Waals surface area contributed by atoms with Gasteiger partial charge in [0.25, 0.3) is 5.88 Å². The lowest BCUT2D eigenvalue weighted by atomic mass is 10.1.